The van der Waals surface area contributed by atoms with Gasteiger partial charge in [-0.15, -0.1) is 0 Å². The number of halogens is 1. The van der Waals surface area contributed by atoms with Gasteiger partial charge in [0.2, 0.25) is 5.91 Å². The van der Waals surface area contributed by atoms with E-state index in [-0.39, 0.29) is 18.4 Å². The van der Waals surface area contributed by atoms with Crippen molar-refractivity contribution < 1.29 is 14.7 Å². The van der Waals surface area contributed by atoms with Crippen LogP contribution < -0.4 is 10.6 Å². The molecule has 1 atom stereocenters. The summed E-state index contributed by atoms with van der Waals surface area (Å²) < 4.78 is 0. The number of hydrogen-bond acceptors (Lipinski definition) is 3. The molecule has 1 unspecified atom stereocenters. The third-order valence-electron chi connectivity index (χ3n) is 3.04. The van der Waals surface area contributed by atoms with Gasteiger partial charge in [-0.25, -0.2) is 0 Å². The molecule has 1 aromatic rings. The second-order valence-corrected chi connectivity index (χ2v) is 5.61. The zero-order valence-corrected chi connectivity index (χ0v) is 13.0. The van der Waals surface area contributed by atoms with Crippen LogP contribution in [-0.4, -0.2) is 36.1 Å². The van der Waals surface area contributed by atoms with Crippen LogP contribution >= 0.6 is 11.6 Å². The summed E-state index contributed by atoms with van der Waals surface area (Å²) in [5.41, 5.74) is 1.04. The van der Waals surface area contributed by atoms with Crippen LogP contribution in [0.25, 0.3) is 0 Å². The minimum Gasteiger partial charge on any atom is -0.480 e. The van der Waals surface area contributed by atoms with E-state index in [1.54, 1.807) is 19.9 Å². The molecule has 6 heteroatoms. The lowest BCUT2D eigenvalue weighted by Crippen LogP contribution is -2.46. The zero-order chi connectivity index (χ0) is 15.8. The van der Waals surface area contributed by atoms with Crippen molar-refractivity contribution >= 4 is 23.5 Å². The number of nitrogens with one attached hydrogen (secondary N) is 2. The lowest BCUT2D eigenvalue weighted by atomic mass is 10.1. The van der Waals surface area contributed by atoms with Crippen LogP contribution in [0.2, 0.25) is 5.02 Å². The predicted octanol–water partition coefficient (Wildman–Crippen LogP) is 1.70. The van der Waals surface area contributed by atoms with Crippen molar-refractivity contribution in [1.29, 1.82) is 0 Å². The molecule has 0 bridgehead atoms. The molecule has 3 N–H and O–H groups in total. The number of hydrogen-bond donors (Lipinski definition) is 3. The maximum Gasteiger partial charge on any atom is 0.320 e. The Kier molecular flexibility index (Phi) is 7.19. The standard InChI is InChI=1S/C15H21ClN2O3/c1-10(2)14(15(20)21)18-9-13(19)17-7-6-11-4-3-5-12(16)8-11/h3-5,8,10,14,18H,6-7,9H2,1-2H3,(H,17,19)(H,20,21). The summed E-state index contributed by atoms with van der Waals surface area (Å²) >= 11 is 5.88. The van der Waals surface area contributed by atoms with E-state index in [4.69, 9.17) is 16.7 Å². The van der Waals surface area contributed by atoms with E-state index < -0.39 is 12.0 Å². The van der Waals surface area contributed by atoms with Gasteiger partial charge in [-0.3, -0.25) is 14.9 Å². The highest BCUT2D eigenvalue weighted by Gasteiger charge is 2.21. The van der Waals surface area contributed by atoms with Gasteiger partial charge in [-0.2, -0.15) is 0 Å². The number of carbonyl (C=O) groups is 2. The average molecular weight is 313 g/mol. The maximum atomic E-state index is 11.7. The Hall–Kier alpha value is -1.59. The van der Waals surface area contributed by atoms with Gasteiger partial charge in [0, 0.05) is 11.6 Å². The van der Waals surface area contributed by atoms with Crippen molar-refractivity contribution in [1.82, 2.24) is 10.6 Å². The first-order valence-corrected chi connectivity index (χ1v) is 7.25. The lowest BCUT2D eigenvalue weighted by Gasteiger charge is -2.17. The number of benzene rings is 1. The van der Waals surface area contributed by atoms with Crippen LogP contribution in [0.5, 0.6) is 0 Å². The predicted molar refractivity (Wildman–Crippen MR) is 82.4 cm³/mol. The van der Waals surface area contributed by atoms with Gasteiger partial charge in [0.1, 0.15) is 6.04 Å². The first-order valence-electron chi connectivity index (χ1n) is 6.87. The molecule has 0 radical (unpaired) electrons. The van der Waals surface area contributed by atoms with E-state index in [9.17, 15) is 9.59 Å². The van der Waals surface area contributed by atoms with Crippen LogP contribution in [0.1, 0.15) is 19.4 Å². The van der Waals surface area contributed by atoms with Crippen molar-refractivity contribution in [2.45, 2.75) is 26.3 Å². The molecule has 0 spiro atoms. The van der Waals surface area contributed by atoms with Crippen LogP contribution in [-0.2, 0) is 16.0 Å². The second kappa shape index (κ2) is 8.64. The quantitative estimate of drug-likeness (QED) is 0.682. The minimum absolute atomic E-state index is 0.00923. The van der Waals surface area contributed by atoms with Crippen molar-refractivity contribution in [2.75, 3.05) is 13.1 Å². The molecule has 0 aromatic heterocycles. The summed E-state index contributed by atoms with van der Waals surface area (Å²) in [5, 5.41) is 15.2. The van der Waals surface area contributed by atoms with Crippen LogP contribution in [0, 0.1) is 5.92 Å². The monoisotopic (exact) mass is 312 g/mol. The molecule has 116 valence electrons. The SMILES string of the molecule is CC(C)C(NCC(=O)NCCc1cccc(Cl)c1)C(=O)O. The fourth-order valence-corrected chi connectivity index (χ4v) is 2.12. The molecule has 0 saturated carbocycles. The number of carboxylic acid groups (broad SMARTS) is 1. The van der Waals surface area contributed by atoms with Crippen LogP contribution in [0.3, 0.4) is 0 Å². The van der Waals surface area contributed by atoms with E-state index in [2.05, 4.69) is 10.6 Å². The highest BCUT2D eigenvalue weighted by molar-refractivity contribution is 6.30. The molecule has 0 aliphatic rings. The minimum atomic E-state index is -0.947. The first-order chi connectivity index (χ1) is 9.90. The molecule has 0 fully saturated rings. The molecule has 0 heterocycles. The summed E-state index contributed by atoms with van der Waals surface area (Å²) in [6.07, 6.45) is 0.679. The Morgan fingerprint density at radius 3 is 2.62 bits per heavy atom. The molecular formula is C15H21ClN2O3. The van der Waals surface area contributed by atoms with E-state index >= 15 is 0 Å². The molecule has 1 aromatic carbocycles. The van der Waals surface area contributed by atoms with Crippen LogP contribution in [0.4, 0.5) is 0 Å². The summed E-state index contributed by atoms with van der Waals surface area (Å²) in [4.78, 5) is 22.6. The Balaban J connectivity index is 2.29. The van der Waals surface area contributed by atoms with Gasteiger partial charge in [-0.1, -0.05) is 37.6 Å². The third-order valence-corrected chi connectivity index (χ3v) is 3.28. The highest BCUT2D eigenvalue weighted by Crippen LogP contribution is 2.10. The number of rotatable bonds is 8. The molecule has 0 saturated heterocycles. The Morgan fingerprint density at radius 1 is 1.33 bits per heavy atom. The van der Waals surface area contributed by atoms with Gasteiger partial charge in [0.15, 0.2) is 0 Å². The summed E-state index contributed by atoms with van der Waals surface area (Å²) in [6.45, 7) is 4.07. The highest BCUT2D eigenvalue weighted by atomic mass is 35.5. The van der Waals surface area contributed by atoms with E-state index in [0.717, 1.165) is 5.56 Å². The fourth-order valence-electron chi connectivity index (χ4n) is 1.91. The van der Waals surface area contributed by atoms with Crippen molar-refractivity contribution in [3.05, 3.63) is 34.9 Å². The molecule has 5 nitrogen and oxygen atoms in total. The van der Waals surface area contributed by atoms with Crippen molar-refractivity contribution in [2.24, 2.45) is 5.92 Å². The molecule has 21 heavy (non-hydrogen) atoms. The topological polar surface area (TPSA) is 78.4 Å². The van der Waals surface area contributed by atoms with E-state index in [1.165, 1.54) is 0 Å². The number of carboxylic acids is 1. The smallest absolute Gasteiger partial charge is 0.320 e. The van der Waals surface area contributed by atoms with E-state index in [0.29, 0.717) is 18.0 Å². The number of aliphatic carboxylic acids is 1. The maximum absolute atomic E-state index is 11.7. The van der Waals surface area contributed by atoms with E-state index in [1.807, 2.05) is 18.2 Å². The summed E-state index contributed by atoms with van der Waals surface area (Å²) in [7, 11) is 0. The third kappa shape index (κ3) is 6.60. The molecule has 1 amide bonds. The van der Waals surface area contributed by atoms with Crippen molar-refractivity contribution in [3.63, 3.8) is 0 Å². The fraction of sp³-hybridized carbons (Fsp3) is 0.467. The molecule has 1 rings (SSSR count). The summed E-state index contributed by atoms with van der Waals surface area (Å²) in [6, 6.07) is 6.73. The normalized spacial score (nSPS) is 12.2. The van der Waals surface area contributed by atoms with Gasteiger partial charge in [0.25, 0.3) is 0 Å². The molecular weight excluding hydrogens is 292 g/mol. The summed E-state index contributed by atoms with van der Waals surface area (Å²) in [5.74, 6) is -1.25. The van der Waals surface area contributed by atoms with Gasteiger partial charge in [0.05, 0.1) is 6.54 Å². The molecule has 0 aliphatic heterocycles. The number of amides is 1. The largest absolute Gasteiger partial charge is 0.480 e. The van der Waals surface area contributed by atoms with Crippen LogP contribution in [0.15, 0.2) is 24.3 Å². The molecule has 0 aliphatic carbocycles. The van der Waals surface area contributed by atoms with Gasteiger partial charge in [-0.05, 0) is 30.0 Å². The zero-order valence-electron chi connectivity index (χ0n) is 12.2. The Morgan fingerprint density at radius 2 is 2.05 bits per heavy atom. The second-order valence-electron chi connectivity index (χ2n) is 5.17. The van der Waals surface area contributed by atoms with Gasteiger partial charge >= 0.3 is 5.97 Å². The first kappa shape index (κ1) is 17.5. The lowest BCUT2D eigenvalue weighted by molar-refractivity contribution is -0.140. The number of carbonyl (C=O) groups excluding carboxylic acids is 1. The Labute approximate surface area is 129 Å². The Bertz CT molecular complexity index is 492. The van der Waals surface area contributed by atoms with Crippen molar-refractivity contribution in [3.8, 4) is 0 Å². The van der Waals surface area contributed by atoms with Gasteiger partial charge < -0.3 is 10.4 Å². The average Bonchev–Trinajstić information content (AvgIpc) is 2.38.